The van der Waals surface area contributed by atoms with E-state index in [1.165, 1.54) is 0 Å². The molecular weight excluding hydrogens is 257 g/mol. The van der Waals surface area contributed by atoms with E-state index in [1.54, 1.807) is 7.11 Å². The summed E-state index contributed by atoms with van der Waals surface area (Å²) in [5.41, 5.74) is 1.03. The van der Waals surface area contributed by atoms with Crippen LogP contribution in [0.2, 0.25) is 0 Å². The van der Waals surface area contributed by atoms with Crippen LogP contribution in [0.3, 0.4) is 0 Å². The minimum absolute atomic E-state index is 0.300. The van der Waals surface area contributed by atoms with E-state index in [9.17, 15) is 0 Å². The van der Waals surface area contributed by atoms with Crippen LogP contribution in [0.5, 0.6) is 5.75 Å². The Bertz CT molecular complexity index is 215. The fraction of sp³-hybridized carbons (Fsp3) is 0.429. The third-order valence-electron chi connectivity index (χ3n) is 1.29. The summed E-state index contributed by atoms with van der Waals surface area (Å²) in [5.74, 6) is 0.882. The van der Waals surface area contributed by atoms with Crippen molar-refractivity contribution in [2.75, 3.05) is 13.9 Å². The SMILES string of the molecule is COCOc1c(I)c[nH]c1C. The van der Waals surface area contributed by atoms with Crippen molar-refractivity contribution in [2.24, 2.45) is 0 Å². The van der Waals surface area contributed by atoms with E-state index in [4.69, 9.17) is 9.47 Å². The van der Waals surface area contributed by atoms with Gasteiger partial charge in [-0.15, -0.1) is 0 Å². The number of nitrogens with one attached hydrogen (secondary N) is 1. The Labute approximate surface area is 79.2 Å². The van der Waals surface area contributed by atoms with Gasteiger partial charge < -0.3 is 14.5 Å². The summed E-state index contributed by atoms with van der Waals surface area (Å²) in [6, 6.07) is 0. The third-order valence-corrected chi connectivity index (χ3v) is 2.10. The van der Waals surface area contributed by atoms with Crippen molar-refractivity contribution in [1.29, 1.82) is 0 Å². The molecule has 0 aliphatic carbocycles. The van der Waals surface area contributed by atoms with E-state index >= 15 is 0 Å². The van der Waals surface area contributed by atoms with Crippen molar-refractivity contribution in [3.8, 4) is 5.75 Å². The molecule has 11 heavy (non-hydrogen) atoms. The average Bonchev–Trinajstić information content (AvgIpc) is 2.29. The molecule has 4 heteroatoms. The van der Waals surface area contributed by atoms with Crippen molar-refractivity contribution < 1.29 is 9.47 Å². The van der Waals surface area contributed by atoms with Gasteiger partial charge in [0.25, 0.3) is 0 Å². The van der Waals surface area contributed by atoms with E-state index < -0.39 is 0 Å². The highest BCUT2D eigenvalue weighted by atomic mass is 127. The van der Waals surface area contributed by atoms with Gasteiger partial charge in [0.2, 0.25) is 0 Å². The molecule has 0 aromatic carbocycles. The summed E-state index contributed by atoms with van der Waals surface area (Å²) in [6.07, 6.45) is 1.90. The average molecular weight is 267 g/mol. The normalized spacial score (nSPS) is 10.1. The van der Waals surface area contributed by atoms with E-state index in [0.29, 0.717) is 6.79 Å². The Morgan fingerprint density at radius 3 is 2.82 bits per heavy atom. The van der Waals surface area contributed by atoms with Gasteiger partial charge in [0, 0.05) is 13.3 Å². The van der Waals surface area contributed by atoms with Crippen LogP contribution < -0.4 is 4.74 Å². The predicted octanol–water partition coefficient (Wildman–Crippen LogP) is 1.91. The summed E-state index contributed by atoms with van der Waals surface area (Å²) < 4.78 is 11.2. The highest BCUT2D eigenvalue weighted by Gasteiger charge is 2.05. The van der Waals surface area contributed by atoms with Gasteiger partial charge in [-0.25, -0.2) is 0 Å². The molecule has 0 aliphatic heterocycles. The number of aryl methyl sites for hydroxylation is 1. The molecule has 0 unspecified atom stereocenters. The molecule has 0 fully saturated rings. The second-order valence-corrected chi connectivity index (χ2v) is 3.30. The van der Waals surface area contributed by atoms with Gasteiger partial charge in [0.1, 0.15) is 0 Å². The lowest BCUT2D eigenvalue weighted by Crippen LogP contribution is -1.99. The van der Waals surface area contributed by atoms with Crippen molar-refractivity contribution >= 4 is 22.6 Å². The van der Waals surface area contributed by atoms with Crippen LogP contribution in [0.25, 0.3) is 0 Å². The number of halogens is 1. The number of aromatic nitrogens is 1. The topological polar surface area (TPSA) is 34.2 Å². The summed E-state index contributed by atoms with van der Waals surface area (Å²) in [6.45, 7) is 2.27. The lowest BCUT2D eigenvalue weighted by molar-refractivity contribution is 0.0501. The van der Waals surface area contributed by atoms with Gasteiger partial charge in [-0.05, 0) is 29.5 Å². The Morgan fingerprint density at radius 2 is 2.36 bits per heavy atom. The molecule has 0 spiro atoms. The monoisotopic (exact) mass is 267 g/mol. The molecule has 0 radical (unpaired) electrons. The van der Waals surface area contributed by atoms with Crippen molar-refractivity contribution in [2.45, 2.75) is 6.92 Å². The van der Waals surface area contributed by atoms with Crippen molar-refractivity contribution in [1.82, 2.24) is 4.98 Å². The number of methoxy groups -OCH3 is 1. The molecule has 62 valence electrons. The highest BCUT2D eigenvalue weighted by Crippen LogP contribution is 2.23. The van der Waals surface area contributed by atoms with Crippen LogP contribution in [-0.4, -0.2) is 18.9 Å². The first-order valence-electron chi connectivity index (χ1n) is 3.21. The molecule has 0 aliphatic rings. The fourth-order valence-electron chi connectivity index (χ4n) is 0.777. The van der Waals surface area contributed by atoms with Gasteiger partial charge in [-0.2, -0.15) is 0 Å². The van der Waals surface area contributed by atoms with Gasteiger partial charge in [0.05, 0.1) is 9.26 Å². The first kappa shape index (κ1) is 8.86. The van der Waals surface area contributed by atoms with Crippen LogP contribution in [0, 0.1) is 10.5 Å². The Hall–Kier alpha value is -0.230. The molecule has 1 aromatic rings. The van der Waals surface area contributed by atoms with E-state index in [2.05, 4.69) is 27.6 Å². The molecule has 0 atom stereocenters. The summed E-state index contributed by atoms with van der Waals surface area (Å²) >= 11 is 2.21. The predicted molar refractivity (Wildman–Crippen MR) is 50.8 cm³/mol. The van der Waals surface area contributed by atoms with Gasteiger partial charge in [0.15, 0.2) is 12.5 Å². The first-order valence-corrected chi connectivity index (χ1v) is 4.28. The number of H-pyrrole nitrogens is 1. The van der Waals surface area contributed by atoms with Gasteiger partial charge in [-0.3, -0.25) is 0 Å². The maximum atomic E-state index is 5.30. The van der Waals surface area contributed by atoms with Gasteiger partial charge in [-0.1, -0.05) is 0 Å². The summed E-state index contributed by atoms with van der Waals surface area (Å²) in [7, 11) is 1.61. The Kier molecular flexibility index (Phi) is 3.19. The number of aromatic amines is 1. The quantitative estimate of drug-likeness (QED) is 0.670. The lowest BCUT2D eigenvalue weighted by atomic mass is 10.4. The van der Waals surface area contributed by atoms with Gasteiger partial charge >= 0.3 is 0 Å². The number of hydrogen-bond donors (Lipinski definition) is 1. The minimum atomic E-state index is 0.300. The molecule has 1 aromatic heterocycles. The zero-order valence-electron chi connectivity index (χ0n) is 6.48. The molecular formula is C7H10INO2. The van der Waals surface area contributed by atoms with Crippen molar-refractivity contribution in [3.63, 3.8) is 0 Å². The number of hydrogen-bond acceptors (Lipinski definition) is 2. The van der Waals surface area contributed by atoms with Crippen LogP contribution in [0.1, 0.15) is 5.69 Å². The van der Waals surface area contributed by atoms with E-state index in [-0.39, 0.29) is 0 Å². The standard InChI is InChI=1S/C7H10INO2/c1-5-7(11-4-10-2)6(8)3-9-5/h3,9H,4H2,1-2H3. The highest BCUT2D eigenvalue weighted by molar-refractivity contribution is 14.1. The Balaban J connectivity index is 2.67. The maximum absolute atomic E-state index is 5.30. The van der Waals surface area contributed by atoms with Crippen LogP contribution >= 0.6 is 22.6 Å². The van der Waals surface area contributed by atoms with Crippen LogP contribution in [-0.2, 0) is 4.74 Å². The summed E-state index contributed by atoms with van der Waals surface area (Å²) in [5, 5.41) is 0. The van der Waals surface area contributed by atoms with Crippen LogP contribution in [0.15, 0.2) is 6.20 Å². The molecule has 1 rings (SSSR count). The fourth-order valence-corrected chi connectivity index (χ4v) is 1.49. The first-order chi connectivity index (χ1) is 5.25. The van der Waals surface area contributed by atoms with Crippen molar-refractivity contribution in [3.05, 3.63) is 15.5 Å². The smallest absolute Gasteiger partial charge is 0.188 e. The molecule has 3 nitrogen and oxygen atoms in total. The number of rotatable bonds is 3. The van der Waals surface area contributed by atoms with E-state index in [0.717, 1.165) is 15.0 Å². The molecule has 0 bridgehead atoms. The Morgan fingerprint density at radius 1 is 1.64 bits per heavy atom. The molecule has 0 saturated carbocycles. The summed E-state index contributed by atoms with van der Waals surface area (Å²) in [4.78, 5) is 3.06. The third kappa shape index (κ3) is 2.10. The second-order valence-electron chi connectivity index (χ2n) is 2.14. The molecule has 1 heterocycles. The molecule has 0 amide bonds. The zero-order chi connectivity index (χ0) is 8.27. The largest absolute Gasteiger partial charge is 0.465 e. The maximum Gasteiger partial charge on any atom is 0.188 e. The lowest BCUT2D eigenvalue weighted by Gasteiger charge is -2.03. The molecule has 0 saturated heterocycles. The van der Waals surface area contributed by atoms with E-state index in [1.807, 2.05) is 13.1 Å². The van der Waals surface area contributed by atoms with Crippen LogP contribution in [0.4, 0.5) is 0 Å². The number of ether oxygens (including phenoxy) is 2. The second kappa shape index (κ2) is 3.96. The molecule has 1 N–H and O–H groups in total. The zero-order valence-corrected chi connectivity index (χ0v) is 8.64. The minimum Gasteiger partial charge on any atom is -0.465 e.